The molecule has 0 spiro atoms. The van der Waals surface area contributed by atoms with Gasteiger partial charge in [0.15, 0.2) is 0 Å². The summed E-state index contributed by atoms with van der Waals surface area (Å²) in [6.45, 7) is 0. The first-order valence-corrected chi connectivity index (χ1v) is 10.2. The lowest BCUT2D eigenvalue weighted by Gasteiger charge is -2.09. The molecule has 29 heavy (non-hydrogen) atoms. The largest absolute Gasteiger partial charge is 0.306 e. The van der Waals surface area contributed by atoms with Crippen LogP contribution in [0.1, 0.15) is 34.1 Å². The molecule has 7 nitrogen and oxygen atoms in total. The van der Waals surface area contributed by atoms with Gasteiger partial charge < -0.3 is 5.32 Å². The fourth-order valence-corrected chi connectivity index (χ4v) is 3.74. The van der Waals surface area contributed by atoms with Gasteiger partial charge in [0.1, 0.15) is 5.82 Å². The lowest BCUT2D eigenvalue weighted by Crippen LogP contribution is -2.18. The Balaban J connectivity index is 1.57. The molecular weight excluding hydrogens is 386 g/mol. The summed E-state index contributed by atoms with van der Waals surface area (Å²) in [5.41, 5.74) is 1.98. The van der Waals surface area contributed by atoms with Crippen molar-refractivity contribution in [3.05, 3.63) is 80.9 Å². The van der Waals surface area contributed by atoms with Crippen LogP contribution in [0.3, 0.4) is 0 Å². The third kappa shape index (κ3) is 3.62. The summed E-state index contributed by atoms with van der Waals surface area (Å²) in [6, 6.07) is 16.4. The summed E-state index contributed by atoms with van der Waals surface area (Å²) in [6.07, 6.45) is 2.15. The Bertz CT molecular complexity index is 1220. The van der Waals surface area contributed by atoms with Crippen molar-refractivity contribution in [3.8, 4) is 17.2 Å². The molecule has 0 aliphatic heterocycles. The number of H-pyrrole nitrogens is 1. The van der Waals surface area contributed by atoms with E-state index in [2.05, 4.69) is 20.4 Å². The highest BCUT2D eigenvalue weighted by atomic mass is 32.1. The highest BCUT2D eigenvalue weighted by Gasteiger charge is 2.28. The molecule has 4 aromatic rings. The third-order valence-corrected chi connectivity index (χ3v) is 5.58. The van der Waals surface area contributed by atoms with Crippen LogP contribution < -0.4 is 10.9 Å². The monoisotopic (exact) mass is 403 g/mol. The van der Waals surface area contributed by atoms with Gasteiger partial charge in [-0.2, -0.15) is 9.78 Å². The number of benzene rings is 1. The summed E-state index contributed by atoms with van der Waals surface area (Å²) in [7, 11) is 0. The molecule has 1 amide bonds. The quantitative estimate of drug-likeness (QED) is 0.530. The Hall–Kier alpha value is -3.52. The minimum absolute atomic E-state index is 0.218. The average Bonchev–Trinajstić information content (AvgIpc) is 3.26. The van der Waals surface area contributed by atoms with Crippen LogP contribution in [-0.4, -0.2) is 25.7 Å². The molecular formula is C21H17N5O2S. The van der Waals surface area contributed by atoms with Crippen LogP contribution in [0.2, 0.25) is 0 Å². The van der Waals surface area contributed by atoms with Gasteiger partial charge in [0.2, 0.25) is 5.95 Å². The molecule has 8 heteroatoms. The molecule has 1 aliphatic rings. The van der Waals surface area contributed by atoms with Gasteiger partial charge in [0, 0.05) is 23.6 Å². The molecule has 3 aromatic heterocycles. The predicted octanol–water partition coefficient (Wildman–Crippen LogP) is 3.81. The highest BCUT2D eigenvalue weighted by Crippen LogP contribution is 2.40. The molecule has 0 unspecified atom stereocenters. The van der Waals surface area contributed by atoms with Crippen LogP contribution in [0.4, 0.5) is 5.82 Å². The Morgan fingerprint density at radius 1 is 1.14 bits per heavy atom. The summed E-state index contributed by atoms with van der Waals surface area (Å²) in [5.74, 6) is 0.922. The molecule has 3 heterocycles. The van der Waals surface area contributed by atoms with Crippen LogP contribution >= 0.6 is 11.3 Å². The summed E-state index contributed by atoms with van der Waals surface area (Å²) >= 11 is 1.36. The lowest BCUT2D eigenvalue weighted by atomic mass is 10.1. The van der Waals surface area contributed by atoms with Gasteiger partial charge >= 0.3 is 0 Å². The van der Waals surface area contributed by atoms with E-state index >= 15 is 0 Å². The second-order valence-electron chi connectivity index (χ2n) is 6.89. The number of rotatable bonds is 5. The molecule has 1 fully saturated rings. The second kappa shape index (κ2) is 7.14. The molecule has 1 aliphatic carbocycles. The Morgan fingerprint density at radius 3 is 2.69 bits per heavy atom. The molecule has 0 atom stereocenters. The molecule has 0 saturated heterocycles. The summed E-state index contributed by atoms with van der Waals surface area (Å²) in [5, 5.41) is 9.38. The van der Waals surface area contributed by atoms with E-state index in [1.807, 2.05) is 47.8 Å². The van der Waals surface area contributed by atoms with Crippen LogP contribution in [0.15, 0.2) is 64.8 Å². The number of anilines is 1. The van der Waals surface area contributed by atoms with Crippen molar-refractivity contribution < 1.29 is 4.79 Å². The van der Waals surface area contributed by atoms with E-state index in [-0.39, 0.29) is 17.4 Å². The van der Waals surface area contributed by atoms with Crippen molar-refractivity contribution in [3.63, 3.8) is 0 Å². The molecule has 5 rings (SSSR count). The van der Waals surface area contributed by atoms with Crippen LogP contribution in [0.5, 0.6) is 0 Å². The van der Waals surface area contributed by atoms with Crippen molar-refractivity contribution in [2.45, 2.75) is 18.8 Å². The number of nitrogens with zero attached hydrogens (tertiary/aromatic N) is 3. The zero-order chi connectivity index (χ0) is 19.8. The number of thiophene rings is 1. The van der Waals surface area contributed by atoms with E-state index in [9.17, 15) is 9.59 Å². The Morgan fingerprint density at radius 2 is 1.97 bits per heavy atom. The van der Waals surface area contributed by atoms with Gasteiger partial charge in [-0.3, -0.25) is 14.6 Å². The number of aromatic nitrogens is 4. The van der Waals surface area contributed by atoms with E-state index in [1.54, 1.807) is 6.07 Å². The standard InChI is InChI=1S/C21H17N5O2S/c27-19-12-15(13-5-2-1-3-6-13)22-21(24-19)26-18(11-16(25-26)14-8-9-14)23-20(28)17-7-4-10-29-17/h1-7,10-12,14H,8-9H2,(H,23,28)(H,22,24,27). The third-order valence-electron chi connectivity index (χ3n) is 4.71. The van der Waals surface area contributed by atoms with Crippen LogP contribution in [0, 0.1) is 0 Å². The van der Waals surface area contributed by atoms with Crippen LogP contribution in [-0.2, 0) is 0 Å². The maximum absolute atomic E-state index is 12.6. The maximum Gasteiger partial charge on any atom is 0.266 e. The smallest absolute Gasteiger partial charge is 0.266 e. The fraction of sp³-hybridized carbons (Fsp3) is 0.143. The zero-order valence-corrected chi connectivity index (χ0v) is 16.1. The normalized spacial score (nSPS) is 13.4. The highest BCUT2D eigenvalue weighted by molar-refractivity contribution is 7.12. The van der Waals surface area contributed by atoms with Gasteiger partial charge in [0.25, 0.3) is 11.5 Å². The number of amides is 1. The first-order chi connectivity index (χ1) is 14.2. The van der Waals surface area contributed by atoms with E-state index in [0.29, 0.717) is 22.3 Å². The van der Waals surface area contributed by atoms with E-state index in [0.717, 1.165) is 24.1 Å². The van der Waals surface area contributed by atoms with Crippen molar-refractivity contribution in [1.82, 2.24) is 19.7 Å². The minimum atomic E-state index is -0.284. The van der Waals surface area contributed by atoms with Gasteiger partial charge in [-0.15, -0.1) is 11.3 Å². The first-order valence-electron chi connectivity index (χ1n) is 9.29. The second-order valence-corrected chi connectivity index (χ2v) is 7.84. The Kier molecular flexibility index (Phi) is 4.33. The number of carbonyl (C=O) groups excluding carboxylic acids is 1. The molecule has 0 radical (unpaired) electrons. The van der Waals surface area contributed by atoms with Crippen molar-refractivity contribution in [1.29, 1.82) is 0 Å². The lowest BCUT2D eigenvalue weighted by molar-refractivity contribution is 0.103. The number of hydrogen-bond acceptors (Lipinski definition) is 5. The minimum Gasteiger partial charge on any atom is -0.306 e. The average molecular weight is 403 g/mol. The van der Waals surface area contributed by atoms with Crippen molar-refractivity contribution in [2.75, 3.05) is 5.32 Å². The number of hydrogen-bond donors (Lipinski definition) is 2. The molecule has 1 aromatic carbocycles. The number of carbonyl (C=O) groups is 1. The summed E-state index contributed by atoms with van der Waals surface area (Å²) in [4.78, 5) is 32.8. The van der Waals surface area contributed by atoms with Gasteiger partial charge in [-0.05, 0) is 24.3 Å². The topological polar surface area (TPSA) is 92.7 Å². The molecule has 0 bridgehead atoms. The van der Waals surface area contributed by atoms with Gasteiger partial charge in [-0.1, -0.05) is 36.4 Å². The van der Waals surface area contributed by atoms with Crippen molar-refractivity contribution >= 4 is 23.1 Å². The Labute approximate surface area is 170 Å². The number of aromatic amines is 1. The van der Waals surface area contributed by atoms with Gasteiger partial charge in [-0.25, -0.2) is 4.98 Å². The molecule has 1 saturated carbocycles. The first kappa shape index (κ1) is 17.6. The van der Waals surface area contributed by atoms with E-state index in [4.69, 9.17) is 0 Å². The summed E-state index contributed by atoms with van der Waals surface area (Å²) < 4.78 is 1.51. The van der Waals surface area contributed by atoms with Crippen LogP contribution in [0.25, 0.3) is 17.2 Å². The van der Waals surface area contributed by atoms with E-state index in [1.165, 1.54) is 22.1 Å². The fourth-order valence-electron chi connectivity index (χ4n) is 3.12. The maximum atomic E-state index is 12.6. The van der Waals surface area contributed by atoms with E-state index < -0.39 is 0 Å². The molecule has 2 N–H and O–H groups in total. The predicted molar refractivity (Wildman–Crippen MR) is 112 cm³/mol. The molecule has 144 valence electrons. The SMILES string of the molecule is O=C(Nc1cc(C2CC2)nn1-c1nc(-c2ccccc2)cc(=O)[nH]1)c1cccs1. The van der Waals surface area contributed by atoms with Gasteiger partial charge in [0.05, 0.1) is 16.3 Å². The van der Waals surface area contributed by atoms with Crippen molar-refractivity contribution in [2.24, 2.45) is 0 Å². The number of nitrogens with one attached hydrogen (secondary N) is 2. The zero-order valence-electron chi connectivity index (χ0n) is 15.3.